The van der Waals surface area contributed by atoms with Crippen molar-refractivity contribution in [3.8, 4) is 22.4 Å². The zero-order valence-corrected chi connectivity index (χ0v) is 22.3. The minimum absolute atomic E-state index is 0.106. The van der Waals surface area contributed by atoms with Crippen LogP contribution in [0.4, 0.5) is 10.1 Å². The lowest BCUT2D eigenvalue weighted by atomic mass is 9.94. The van der Waals surface area contributed by atoms with Gasteiger partial charge in [0.15, 0.2) is 0 Å². The summed E-state index contributed by atoms with van der Waals surface area (Å²) in [6, 6.07) is 26.4. The maximum absolute atomic E-state index is 14.1. The molecule has 5 heteroatoms. The SMILES string of the molecule is CC(C)c1c(C(=O)Nc2ccccc2)c(-c2ccccc2)c(-c2ccc(F)cc2)n1CCCN1CCCC1. The average Bonchev–Trinajstić information content (AvgIpc) is 3.57. The molecule has 3 aromatic carbocycles. The number of aromatic nitrogens is 1. The summed E-state index contributed by atoms with van der Waals surface area (Å²) >= 11 is 0. The minimum Gasteiger partial charge on any atom is -0.343 e. The van der Waals surface area contributed by atoms with E-state index in [9.17, 15) is 9.18 Å². The molecule has 4 nitrogen and oxygen atoms in total. The Hall–Kier alpha value is -3.70. The lowest BCUT2D eigenvalue weighted by Crippen LogP contribution is -2.22. The molecule has 0 saturated carbocycles. The van der Waals surface area contributed by atoms with Crippen molar-refractivity contribution in [1.82, 2.24) is 9.47 Å². The van der Waals surface area contributed by atoms with Gasteiger partial charge in [-0.3, -0.25) is 4.79 Å². The van der Waals surface area contributed by atoms with Gasteiger partial charge in [0.2, 0.25) is 0 Å². The first kappa shape index (κ1) is 25.9. The number of halogens is 1. The number of nitrogens with one attached hydrogen (secondary N) is 1. The van der Waals surface area contributed by atoms with Gasteiger partial charge in [-0.2, -0.15) is 0 Å². The van der Waals surface area contributed by atoms with Gasteiger partial charge in [-0.05, 0) is 92.3 Å². The smallest absolute Gasteiger partial charge is 0.258 e. The van der Waals surface area contributed by atoms with E-state index >= 15 is 0 Å². The number of carbonyl (C=O) groups is 1. The van der Waals surface area contributed by atoms with E-state index in [0.29, 0.717) is 5.56 Å². The van der Waals surface area contributed by atoms with Gasteiger partial charge >= 0.3 is 0 Å². The highest BCUT2D eigenvalue weighted by atomic mass is 19.1. The van der Waals surface area contributed by atoms with Crippen LogP contribution in [-0.4, -0.2) is 35.0 Å². The molecule has 1 fully saturated rings. The van der Waals surface area contributed by atoms with Gasteiger partial charge in [0.25, 0.3) is 5.91 Å². The highest BCUT2D eigenvalue weighted by Crippen LogP contribution is 2.42. The Labute approximate surface area is 225 Å². The number of hydrogen-bond donors (Lipinski definition) is 1. The fourth-order valence-corrected chi connectivity index (χ4v) is 5.67. The van der Waals surface area contributed by atoms with E-state index in [4.69, 9.17) is 0 Å². The van der Waals surface area contributed by atoms with Crippen molar-refractivity contribution in [3.05, 3.63) is 102 Å². The number of anilines is 1. The average molecular weight is 510 g/mol. The summed E-state index contributed by atoms with van der Waals surface area (Å²) in [6.45, 7) is 8.44. The summed E-state index contributed by atoms with van der Waals surface area (Å²) in [4.78, 5) is 16.6. The summed E-state index contributed by atoms with van der Waals surface area (Å²) in [5.74, 6) is -0.288. The van der Waals surface area contributed by atoms with Crippen LogP contribution >= 0.6 is 0 Å². The zero-order chi connectivity index (χ0) is 26.5. The van der Waals surface area contributed by atoms with Crippen molar-refractivity contribution >= 4 is 11.6 Å². The Morgan fingerprint density at radius 3 is 2.11 bits per heavy atom. The molecule has 0 aliphatic carbocycles. The molecule has 4 aromatic rings. The Balaban J connectivity index is 1.69. The molecule has 0 bridgehead atoms. The number of nitrogens with zero attached hydrogens (tertiary/aromatic N) is 2. The minimum atomic E-state index is -0.270. The standard InChI is InChI=1S/C33H36FN3O/c1-24(2)31-30(33(38)35-28-14-7-4-8-15-28)29(25-12-5-3-6-13-25)32(26-16-18-27(34)19-17-26)37(31)23-11-22-36-20-9-10-21-36/h3-8,12-19,24H,9-11,20-23H2,1-2H3,(H,35,38). The molecule has 1 aliphatic rings. The molecule has 0 atom stereocenters. The zero-order valence-electron chi connectivity index (χ0n) is 22.3. The maximum atomic E-state index is 14.1. The molecule has 1 amide bonds. The molecular formula is C33H36FN3O. The third-order valence-corrected chi connectivity index (χ3v) is 7.34. The van der Waals surface area contributed by atoms with E-state index in [-0.39, 0.29) is 17.6 Å². The van der Waals surface area contributed by atoms with Gasteiger partial charge < -0.3 is 14.8 Å². The van der Waals surface area contributed by atoms with Crippen molar-refractivity contribution in [3.63, 3.8) is 0 Å². The maximum Gasteiger partial charge on any atom is 0.258 e. The fourth-order valence-electron chi connectivity index (χ4n) is 5.67. The Morgan fingerprint density at radius 1 is 0.842 bits per heavy atom. The number of rotatable bonds is 9. The van der Waals surface area contributed by atoms with Crippen molar-refractivity contribution in [2.75, 3.05) is 25.0 Å². The molecule has 0 unspecified atom stereocenters. The number of likely N-dealkylation sites (tertiary alicyclic amines) is 1. The summed E-state index contributed by atoms with van der Waals surface area (Å²) in [7, 11) is 0. The molecule has 196 valence electrons. The van der Waals surface area contributed by atoms with Crippen LogP contribution in [0, 0.1) is 5.82 Å². The topological polar surface area (TPSA) is 37.3 Å². The molecule has 38 heavy (non-hydrogen) atoms. The number of carbonyl (C=O) groups excluding carboxylic acids is 1. The quantitative estimate of drug-likeness (QED) is 0.250. The Bertz CT molecular complexity index is 1360. The van der Waals surface area contributed by atoms with Crippen LogP contribution in [0.15, 0.2) is 84.9 Å². The van der Waals surface area contributed by atoms with Crippen LogP contribution in [0.5, 0.6) is 0 Å². The molecule has 2 heterocycles. The molecule has 1 N–H and O–H groups in total. The van der Waals surface area contributed by atoms with Crippen molar-refractivity contribution < 1.29 is 9.18 Å². The van der Waals surface area contributed by atoms with Crippen molar-refractivity contribution in [2.45, 2.75) is 45.6 Å². The van der Waals surface area contributed by atoms with Gasteiger partial charge in [0.05, 0.1) is 11.3 Å². The summed E-state index contributed by atoms with van der Waals surface area (Å²) in [5, 5.41) is 3.15. The van der Waals surface area contributed by atoms with Crippen LogP contribution in [-0.2, 0) is 6.54 Å². The van der Waals surface area contributed by atoms with Gasteiger partial charge in [-0.15, -0.1) is 0 Å². The summed E-state index contributed by atoms with van der Waals surface area (Å²) in [5.41, 5.74) is 6.22. The van der Waals surface area contributed by atoms with Gasteiger partial charge in [0.1, 0.15) is 5.82 Å². The monoisotopic (exact) mass is 509 g/mol. The normalized spacial score (nSPS) is 13.8. The molecule has 0 spiro atoms. The van der Waals surface area contributed by atoms with E-state index in [1.807, 2.05) is 60.7 Å². The second-order valence-corrected chi connectivity index (χ2v) is 10.4. The van der Waals surface area contributed by atoms with Gasteiger partial charge in [0, 0.05) is 23.5 Å². The first-order chi connectivity index (χ1) is 18.5. The molecule has 5 rings (SSSR count). The molecule has 1 saturated heterocycles. The van der Waals surface area contributed by atoms with Gasteiger partial charge in [-0.25, -0.2) is 4.39 Å². The molecule has 0 radical (unpaired) electrons. The number of benzene rings is 3. The predicted octanol–water partition coefficient (Wildman–Crippen LogP) is 7.82. The van der Waals surface area contributed by atoms with Crippen LogP contribution in [0.1, 0.15) is 55.1 Å². The number of amides is 1. The number of hydrogen-bond acceptors (Lipinski definition) is 2. The van der Waals surface area contributed by atoms with Crippen LogP contribution < -0.4 is 5.32 Å². The first-order valence-corrected chi connectivity index (χ1v) is 13.7. The van der Waals surface area contributed by atoms with Crippen LogP contribution in [0.2, 0.25) is 0 Å². The highest BCUT2D eigenvalue weighted by molar-refractivity contribution is 6.12. The second-order valence-electron chi connectivity index (χ2n) is 10.4. The van der Waals surface area contributed by atoms with E-state index in [2.05, 4.69) is 40.8 Å². The predicted molar refractivity (Wildman–Crippen MR) is 154 cm³/mol. The summed E-state index contributed by atoms with van der Waals surface area (Å²) in [6.07, 6.45) is 3.52. The van der Waals surface area contributed by atoms with Crippen LogP contribution in [0.25, 0.3) is 22.4 Å². The first-order valence-electron chi connectivity index (χ1n) is 13.7. The lowest BCUT2D eigenvalue weighted by molar-refractivity contribution is 0.102. The van der Waals surface area contributed by atoms with Crippen LogP contribution in [0.3, 0.4) is 0 Å². The molecule has 1 aliphatic heterocycles. The third-order valence-electron chi connectivity index (χ3n) is 7.34. The molecular weight excluding hydrogens is 473 g/mol. The highest BCUT2D eigenvalue weighted by Gasteiger charge is 2.30. The Kier molecular flexibility index (Phi) is 8.04. The van der Waals surface area contributed by atoms with Crippen molar-refractivity contribution in [1.29, 1.82) is 0 Å². The fraction of sp³-hybridized carbons (Fsp3) is 0.303. The third kappa shape index (κ3) is 5.58. The van der Waals surface area contributed by atoms with E-state index in [1.54, 1.807) is 0 Å². The largest absolute Gasteiger partial charge is 0.343 e. The summed E-state index contributed by atoms with van der Waals surface area (Å²) < 4.78 is 16.3. The lowest BCUT2D eigenvalue weighted by Gasteiger charge is -2.19. The van der Waals surface area contributed by atoms with E-state index in [1.165, 1.54) is 25.0 Å². The van der Waals surface area contributed by atoms with E-state index < -0.39 is 0 Å². The van der Waals surface area contributed by atoms with Crippen molar-refractivity contribution in [2.24, 2.45) is 0 Å². The number of para-hydroxylation sites is 1. The van der Waals surface area contributed by atoms with E-state index in [0.717, 1.165) is 66.4 Å². The molecule has 1 aromatic heterocycles. The van der Waals surface area contributed by atoms with Gasteiger partial charge in [-0.1, -0.05) is 62.4 Å². The second kappa shape index (κ2) is 11.8. The Morgan fingerprint density at radius 2 is 1.47 bits per heavy atom.